The van der Waals surface area contributed by atoms with Crippen molar-refractivity contribution in [3.8, 4) is 5.75 Å². The van der Waals surface area contributed by atoms with Gasteiger partial charge in [0.1, 0.15) is 5.75 Å². The summed E-state index contributed by atoms with van der Waals surface area (Å²) >= 11 is 0. The van der Waals surface area contributed by atoms with Crippen molar-refractivity contribution in [3.63, 3.8) is 0 Å². The summed E-state index contributed by atoms with van der Waals surface area (Å²) in [6.07, 6.45) is 1.35. The first kappa shape index (κ1) is 14.5. The highest BCUT2D eigenvalue weighted by atomic mass is 32.2. The third kappa shape index (κ3) is 4.30. The number of rotatable bonds is 5. The summed E-state index contributed by atoms with van der Waals surface area (Å²) in [5, 5.41) is 13.5. The van der Waals surface area contributed by atoms with Crippen LogP contribution in [0.5, 0.6) is 5.75 Å². The van der Waals surface area contributed by atoms with Gasteiger partial charge in [-0.25, -0.2) is 0 Å². The smallest absolute Gasteiger partial charge is 0.118 e. The highest BCUT2D eigenvalue weighted by Crippen LogP contribution is 2.18. The number of hydrogen-bond donors (Lipinski definition) is 2. The minimum Gasteiger partial charge on any atom is -0.497 e. The van der Waals surface area contributed by atoms with Gasteiger partial charge in [0.2, 0.25) is 0 Å². The molecule has 1 aliphatic heterocycles. The van der Waals surface area contributed by atoms with Crippen LogP contribution in [0.2, 0.25) is 0 Å². The first-order valence-electron chi connectivity index (χ1n) is 6.59. The molecule has 1 atom stereocenters. The molecule has 1 fully saturated rings. The molecule has 0 bridgehead atoms. The maximum atomic E-state index is 11.3. The lowest BCUT2D eigenvalue weighted by molar-refractivity contribution is 0.168. The minimum absolute atomic E-state index is 0.380. The summed E-state index contributed by atoms with van der Waals surface area (Å²) in [5.74, 6) is 2.34. The standard InChI is InChI=1S/C14H21NO3S/c1-18-13-4-2-11(3-5-13)14(16)10-15-12-6-8-19(17)9-7-12/h2-5,12,14-16H,6-10H2,1H3. The van der Waals surface area contributed by atoms with Crippen LogP contribution >= 0.6 is 0 Å². The van der Waals surface area contributed by atoms with Crippen molar-refractivity contribution in [1.29, 1.82) is 0 Å². The minimum atomic E-state index is -0.631. The molecule has 5 heteroatoms. The summed E-state index contributed by atoms with van der Waals surface area (Å²) in [7, 11) is 0.994. The quantitative estimate of drug-likeness (QED) is 0.853. The summed E-state index contributed by atoms with van der Waals surface area (Å²) in [6, 6.07) is 7.83. The molecule has 4 nitrogen and oxygen atoms in total. The fourth-order valence-corrected chi connectivity index (χ4v) is 3.52. The van der Waals surface area contributed by atoms with Gasteiger partial charge in [0, 0.05) is 34.9 Å². The molecule has 106 valence electrons. The molecule has 0 saturated carbocycles. The van der Waals surface area contributed by atoms with Gasteiger partial charge < -0.3 is 15.2 Å². The van der Waals surface area contributed by atoms with Gasteiger partial charge in [-0.2, -0.15) is 0 Å². The first-order chi connectivity index (χ1) is 9.19. The Kier molecular flexibility index (Phi) is 5.36. The largest absolute Gasteiger partial charge is 0.497 e. The van der Waals surface area contributed by atoms with Crippen LogP contribution in [0.3, 0.4) is 0 Å². The van der Waals surface area contributed by atoms with Gasteiger partial charge >= 0.3 is 0 Å². The van der Waals surface area contributed by atoms with E-state index in [1.807, 2.05) is 24.3 Å². The Hall–Kier alpha value is -0.910. The molecule has 0 radical (unpaired) electrons. The molecule has 0 spiro atoms. The van der Waals surface area contributed by atoms with Gasteiger partial charge in [0.25, 0.3) is 0 Å². The summed E-state index contributed by atoms with van der Waals surface area (Å²) in [6.45, 7) is 0.531. The van der Waals surface area contributed by atoms with Crippen molar-refractivity contribution in [2.75, 3.05) is 25.2 Å². The molecule has 19 heavy (non-hydrogen) atoms. The van der Waals surface area contributed by atoms with Crippen molar-refractivity contribution >= 4 is 10.8 Å². The summed E-state index contributed by atoms with van der Waals surface area (Å²) in [5.41, 5.74) is 0.882. The first-order valence-corrected chi connectivity index (χ1v) is 8.08. The number of aliphatic hydroxyl groups is 1. The van der Waals surface area contributed by atoms with Crippen LogP contribution in [0.1, 0.15) is 24.5 Å². The fourth-order valence-electron chi connectivity index (χ4n) is 2.22. The number of nitrogens with one attached hydrogen (secondary N) is 1. The molecule has 1 unspecified atom stereocenters. The third-order valence-electron chi connectivity index (χ3n) is 3.49. The molecule has 1 aromatic rings. The lowest BCUT2D eigenvalue weighted by atomic mass is 10.1. The lowest BCUT2D eigenvalue weighted by Gasteiger charge is -2.24. The monoisotopic (exact) mass is 283 g/mol. The molecule has 1 aliphatic rings. The number of methoxy groups -OCH3 is 1. The average molecular weight is 283 g/mol. The van der Waals surface area contributed by atoms with Crippen LogP contribution < -0.4 is 10.1 Å². The second-order valence-electron chi connectivity index (χ2n) is 4.82. The zero-order chi connectivity index (χ0) is 13.7. The van der Waals surface area contributed by atoms with E-state index in [2.05, 4.69) is 5.32 Å². The van der Waals surface area contributed by atoms with Crippen molar-refractivity contribution in [2.24, 2.45) is 0 Å². The number of benzene rings is 1. The molecule has 1 saturated heterocycles. The Balaban J connectivity index is 1.80. The van der Waals surface area contributed by atoms with Crippen LogP contribution in [0, 0.1) is 0 Å². The van der Waals surface area contributed by atoms with Crippen molar-refractivity contribution in [2.45, 2.75) is 25.0 Å². The number of hydrogen-bond acceptors (Lipinski definition) is 4. The van der Waals surface area contributed by atoms with Gasteiger partial charge in [0.05, 0.1) is 13.2 Å². The maximum absolute atomic E-state index is 11.3. The Bertz CT molecular complexity index is 411. The Morgan fingerprint density at radius 3 is 2.58 bits per heavy atom. The SMILES string of the molecule is COc1ccc(C(O)CNC2CCS(=O)CC2)cc1. The van der Waals surface area contributed by atoms with E-state index in [9.17, 15) is 9.32 Å². The van der Waals surface area contributed by atoms with E-state index in [4.69, 9.17) is 4.74 Å². The third-order valence-corrected chi connectivity index (χ3v) is 4.87. The second kappa shape index (κ2) is 7.03. The van der Waals surface area contributed by atoms with Gasteiger partial charge in [0.15, 0.2) is 0 Å². The molecule has 1 heterocycles. The van der Waals surface area contributed by atoms with E-state index in [-0.39, 0.29) is 0 Å². The molecule has 2 N–H and O–H groups in total. The maximum Gasteiger partial charge on any atom is 0.118 e. The number of ether oxygens (including phenoxy) is 1. The highest BCUT2D eigenvalue weighted by molar-refractivity contribution is 7.85. The predicted octanol–water partition coefficient (Wildman–Crippen LogP) is 1.23. The van der Waals surface area contributed by atoms with E-state index in [1.165, 1.54) is 0 Å². The van der Waals surface area contributed by atoms with Gasteiger partial charge in [-0.15, -0.1) is 0 Å². The molecule has 0 aromatic heterocycles. The second-order valence-corrected chi connectivity index (χ2v) is 6.52. The van der Waals surface area contributed by atoms with Gasteiger partial charge in [-0.3, -0.25) is 4.21 Å². The summed E-state index contributed by atoms with van der Waals surface area (Å²) < 4.78 is 16.3. The Morgan fingerprint density at radius 1 is 1.37 bits per heavy atom. The van der Waals surface area contributed by atoms with Gasteiger partial charge in [-0.05, 0) is 30.5 Å². The zero-order valence-corrected chi connectivity index (χ0v) is 12.0. The summed E-state index contributed by atoms with van der Waals surface area (Å²) in [4.78, 5) is 0. The van der Waals surface area contributed by atoms with Crippen molar-refractivity contribution in [1.82, 2.24) is 5.32 Å². The van der Waals surface area contributed by atoms with E-state index < -0.39 is 16.9 Å². The predicted molar refractivity (Wildman–Crippen MR) is 76.9 cm³/mol. The molecule has 2 rings (SSSR count). The van der Waals surface area contributed by atoms with Crippen LogP contribution in [0.25, 0.3) is 0 Å². The van der Waals surface area contributed by atoms with Crippen LogP contribution in [0.15, 0.2) is 24.3 Å². The van der Waals surface area contributed by atoms with Crippen LogP contribution in [-0.4, -0.2) is 40.5 Å². The normalized spacial score (nSPS) is 24.9. The van der Waals surface area contributed by atoms with E-state index in [0.29, 0.717) is 12.6 Å². The molecule has 1 aromatic carbocycles. The van der Waals surface area contributed by atoms with E-state index in [0.717, 1.165) is 35.7 Å². The number of aliphatic hydroxyl groups excluding tert-OH is 1. The molecule has 0 aliphatic carbocycles. The Morgan fingerprint density at radius 2 is 2.00 bits per heavy atom. The van der Waals surface area contributed by atoms with Crippen molar-refractivity contribution < 1.29 is 14.1 Å². The zero-order valence-electron chi connectivity index (χ0n) is 11.2. The Labute approximate surface area is 116 Å². The molecular formula is C14H21NO3S. The lowest BCUT2D eigenvalue weighted by Crippen LogP contribution is -2.37. The molecular weight excluding hydrogens is 262 g/mol. The average Bonchev–Trinajstić information content (AvgIpc) is 2.46. The topological polar surface area (TPSA) is 58.6 Å². The molecule has 0 amide bonds. The van der Waals surface area contributed by atoms with Crippen molar-refractivity contribution in [3.05, 3.63) is 29.8 Å². The van der Waals surface area contributed by atoms with Gasteiger partial charge in [-0.1, -0.05) is 12.1 Å². The van der Waals surface area contributed by atoms with E-state index in [1.54, 1.807) is 7.11 Å². The van der Waals surface area contributed by atoms with Crippen LogP contribution in [0.4, 0.5) is 0 Å². The fraction of sp³-hybridized carbons (Fsp3) is 0.571. The van der Waals surface area contributed by atoms with E-state index >= 15 is 0 Å². The van der Waals surface area contributed by atoms with Crippen LogP contribution in [-0.2, 0) is 10.8 Å². The highest BCUT2D eigenvalue weighted by Gasteiger charge is 2.18.